The zero-order chi connectivity index (χ0) is 26.2. The average Bonchev–Trinajstić information content (AvgIpc) is 3.11. The van der Waals surface area contributed by atoms with E-state index in [9.17, 15) is 14.4 Å². The highest BCUT2D eigenvalue weighted by Crippen LogP contribution is 2.44. The summed E-state index contributed by atoms with van der Waals surface area (Å²) in [5.74, 6) is 0.166. The fraction of sp³-hybridized carbons (Fsp3) is 0.308. The molecule has 5 heterocycles. The molecule has 6 rings (SSSR count). The van der Waals surface area contributed by atoms with Crippen molar-refractivity contribution >= 4 is 23.8 Å². The van der Waals surface area contributed by atoms with Crippen LogP contribution in [0.2, 0.25) is 0 Å². The second-order valence-corrected chi connectivity index (χ2v) is 9.82. The third kappa shape index (κ3) is 4.05. The molecule has 1 amide bonds. The maximum Gasteiger partial charge on any atom is 0.510 e. The van der Waals surface area contributed by atoms with E-state index in [4.69, 9.17) is 14.2 Å². The summed E-state index contributed by atoms with van der Waals surface area (Å²) in [6, 6.07) is 11.2. The van der Waals surface area contributed by atoms with Crippen molar-refractivity contribution in [2.75, 3.05) is 38.7 Å². The molecule has 196 valence electrons. The van der Waals surface area contributed by atoms with Crippen molar-refractivity contribution in [3.8, 4) is 5.75 Å². The normalized spacial score (nSPS) is 19.9. The van der Waals surface area contributed by atoms with Crippen LogP contribution in [0.25, 0.3) is 0 Å². The number of benzene rings is 1. The van der Waals surface area contributed by atoms with Crippen LogP contribution in [0.15, 0.2) is 64.7 Å². The minimum absolute atomic E-state index is 0.0501. The third-order valence-corrected chi connectivity index (χ3v) is 7.94. The fourth-order valence-electron chi connectivity index (χ4n) is 5.13. The van der Waals surface area contributed by atoms with Gasteiger partial charge in [0.05, 0.1) is 26.4 Å². The lowest BCUT2D eigenvalue weighted by molar-refractivity contribution is -0.0209. The van der Waals surface area contributed by atoms with E-state index in [-0.39, 0.29) is 30.0 Å². The van der Waals surface area contributed by atoms with Crippen LogP contribution in [-0.4, -0.2) is 66.4 Å². The van der Waals surface area contributed by atoms with Crippen molar-refractivity contribution in [2.45, 2.75) is 22.9 Å². The Morgan fingerprint density at radius 1 is 1.18 bits per heavy atom. The van der Waals surface area contributed by atoms with Crippen LogP contribution < -0.4 is 15.2 Å². The number of pyridine rings is 2. The smallest absolute Gasteiger partial charge is 0.451 e. The standard InChI is InChI=1S/C26H24N4O7S/c1-34-26(33)37-15-36-24-19(31)7-9-29-23(24)25(32)28-10-11-35-13-21(28)30(29)22-17-6-8-27-12-16(17)14-38-20-5-3-2-4-18(20)22/h2-9,12,21-22H,10-11,13-15H2,1H3/t21-,22-/m1/s1. The topological polar surface area (TPSA) is 112 Å². The van der Waals surface area contributed by atoms with Gasteiger partial charge in [0, 0.05) is 41.8 Å². The van der Waals surface area contributed by atoms with Crippen LogP contribution in [-0.2, 0) is 20.0 Å². The Balaban J connectivity index is 1.55. The summed E-state index contributed by atoms with van der Waals surface area (Å²) in [6.07, 6.45) is 3.80. The number of methoxy groups -OCH3 is 1. The molecule has 3 aliphatic rings. The predicted octanol–water partition coefficient (Wildman–Crippen LogP) is 2.51. The molecule has 1 saturated heterocycles. The van der Waals surface area contributed by atoms with Gasteiger partial charge in [-0.3, -0.25) is 24.3 Å². The predicted molar refractivity (Wildman–Crippen MR) is 136 cm³/mol. The number of aromatic nitrogens is 2. The van der Waals surface area contributed by atoms with Crippen LogP contribution in [0.1, 0.15) is 33.2 Å². The number of morpholine rings is 1. The summed E-state index contributed by atoms with van der Waals surface area (Å²) < 4.78 is 22.4. The van der Waals surface area contributed by atoms with E-state index in [1.165, 1.54) is 6.07 Å². The highest BCUT2D eigenvalue weighted by molar-refractivity contribution is 7.98. The Hall–Kier alpha value is -4.03. The molecule has 2 aromatic heterocycles. The first-order valence-electron chi connectivity index (χ1n) is 12.0. The number of rotatable bonds is 4. The van der Waals surface area contributed by atoms with Gasteiger partial charge in [0.15, 0.2) is 5.69 Å². The van der Waals surface area contributed by atoms with Crippen molar-refractivity contribution in [1.82, 2.24) is 14.6 Å². The summed E-state index contributed by atoms with van der Waals surface area (Å²) in [6.45, 7) is 0.404. The lowest BCUT2D eigenvalue weighted by Gasteiger charge is -2.51. The van der Waals surface area contributed by atoms with Crippen LogP contribution >= 0.6 is 11.8 Å². The molecule has 1 aromatic carbocycles. The van der Waals surface area contributed by atoms with Gasteiger partial charge in [-0.15, -0.1) is 11.8 Å². The minimum Gasteiger partial charge on any atom is -0.451 e. The number of nitrogens with zero attached hydrogens (tertiary/aromatic N) is 4. The Labute approximate surface area is 221 Å². The summed E-state index contributed by atoms with van der Waals surface area (Å²) in [4.78, 5) is 45.4. The second kappa shape index (κ2) is 10.0. The molecule has 38 heavy (non-hydrogen) atoms. The Morgan fingerprint density at radius 3 is 2.92 bits per heavy atom. The summed E-state index contributed by atoms with van der Waals surface area (Å²) in [7, 11) is 1.16. The van der Waals surface area contributed by atoms with Crippen molar-refractivity contribution in [2.24, 2.45) is 0 Å². The maximum atomic E-state index is 13.8. The summed E-state index contributed by atoms with van der Waals surface area (Å²) in [5, 5.41) is 2.06. The molecule has 0 aliphatic carbocycles. The first kappa shape index (κ1) is 24.3. The first-order chi connectivity index (χ1) is 18.6. The van der Waals surface area contributed by atoms with Gasteiger partial charge < -0.3 is 23.8 Å². The average molecular weight is 537 g/mol. The van der Waals surface area contributed by atoms with Crippen molar-refractivity contribution in [3.63, 3.8) is 0 Å². The molecule has 0 spiro atoms. The Bertz CT molecular complexity index is 1410. The van der Waals surface area contributed by atoms with Gasteiger partial charge in [-0.2, -0.15) is 0 Å². The number of thioether (sulfide) groups is 1. The molecule has 0 unspecified atom stereocenters. The van der Waals surface area contributed by atoms with Crippen LogP contribution in [0.5, 0.6) is 5.75 Å². The molecule has 3 aromatic rings. The van der Waals surface area contributed by atoms with E-state index in [2.05, 4.69) is 26.9 Å². The molecule has 0 saturated carbocycles. The number of hydrogen-bond donors (Lipinski definition) is 0. The summed E-state index contributed by atoms with van der Waals surface area (Å²) in [5.41, 5.74) is 2.71. The molecule has 3 aliphatic heterocycles. The van der Waals surface area contributed by atoms with Gasteiger partial charge in [-0.05, 0) is 28.8 Å². The number of carbonyl (C=O) groups excluding carboxylic acids is 2. The van der Waals surface area contributed by atoms with Crippen LogP contribution in [0, 0.1) is 0 Å². The quantitative estimate of drug-likeness (QED) is 0.364. The lowest BCUT2D eigenvalue weighted by atomic mass is 9.94. The SMILES string of the molecule is COC(=O)OCOc1c2n(ccc1=O)N([C@@H]1c3ccncc3CSc3ccccc31)[C@@H]1COCCN1C2=O. The van der Waals surface area contributed by atoms with E-state index in [1.54, 1.807) is 33.7 Å². The van der Waals surface area contributed by atoms with Gasteiger partial charge in [0.25, 0.3) is 5.91 Å². The number of carbonyl (C=O) groups is 2. The second-order valence-electron chi connectivity index (χ2n) is 8.80. The molecule has 0 bridgehead atoms. The molecule has 0 N–H and O–H groups in total. The van der Waals surface area contributed by atoms with Gasteiger partial charge in [0.2, 0.25) is 18.0 Å². The molecule has 2 atom stereocenters. The van der Waals surface area contributed by atoms with Crippen LogP contribution in [0.4, 0.5) is 4.79 Å². The van der Waals surface area contributed by atoms with Gasteiger partial charge >= 0.3 is 6.16 Å². The summed E-state index contributed by atoms with van der Waals surface area (Å²) >= 11 is 1.73. The van der Waals surface area contributed by atoms with E-state index >= 15 is 0 Å². The minimum atomic E-state index is -0.964. The van der Waals surface area contributed by atoms with Crippen LogP contribution in [0.3, 0.4) is 0 Å². The molecule has 1 fully saturated rings. The fourth-order valence-corrected chi connectivity index (χ4v) is 6.20. The zero-order valence-electron chi connectivity index (χ0n) is 20.4. The largest absolute Gasteiger partial charge is 0.510 e. The van der Waals surface area contributed by atoms with E-state index < -0.39 is 24.5 Å². The molecule has 11 nitrogen and oxygen atoms in total. The van der Waals surface area contributed by atoms with E-state index in [1.807, 2.05) is 24.4 Å². The lowest BCUT2D eigenvalue weighted by Crippen LogP contribution is -2.66. The highest BCUT2D eigenvalue weighted by Gasteiger charge is 2.46. The van der Waals surface area contributed by atoms with Crippen molar-refractivity contribution < 1.29 is 28.5 Å². The maximum absolute atomic E-state index is 13.8. The van der Waals surface area contributed by atoms with E-state index in [0.29, 0.717) is 13.2 Å². The monoisotopic (exact) mass is 536 g/mol. The highest BCUT2D eigenvalue weighted by atomic mass is 32.2. The molecule has 0 radical (unpaired) electrons. The Morgan fingerprint density at radius 2 is 2.05 bits per heavy atom. The third-order valence-electron chi connectivity index (χ3n) is 6.80. The number of ether oxygens (including phenoxy) is 4. The first-order valence-corrected chi connectivity index (χ1v) is 13.0. The number of fused-ring (bicyclic) bond motifs is 4. The molecular weight excluding hydrogens is 512 g/mol. The van der Waals surface area contributed by atoms with Gasteiger partial charge in [-0.1, -0.05) is 18.2 Å². The number of hydrogen-bond acceptors (Lipinski definition) is 10. The van der Waals surface area contributed by atoms with Crippen molar-refractivity contribution in [3.05, 3.63) is 87.6 Å². The van der Waals surface area contributed by atoms with Gasteiger partial charge in [-0.25, -0.2) is 4.79 Å². The molecule has 12 heteroatoms. The number of amides is 1. The zero-order valence-corrected chi connectivity index (χ0v) is 21.3. The van der Waals surface area contributed by atoms with Crippen molar-refractivity contribution in [1.29, 1.82) is 0 Å². The Kier molecular flexibility index (Phi) is 6.42. The van der Waals surface area contributed by atoms with Gasteiger partial charge in [0.1, 0.15) is 6.17 Å². The van der Waals surface area contributed by atoms with E-state index in [0.717, 1.165) is 34.4 Å². The molecular formula is C26H24N4O7S.